The largest absolute Gasteiger partial charge is 0.469 e. The van der Waals surface area contributed by atoms with Gasteiger partial charge in [0.2, 0.25) is 0 Å². The van der Waals surface area contributed by atoms with Crippen LogP contribution in [0.5, 0.6) is 0 Å². The number of ether oxygens (including phenoxy) is 1. The average molecular weight is 348 g/mol. The van der Waals surface area contributed by atoms with E-state index in [9.17, 15) is 31.9 Å². The average Bonchev–Trinajstić information content (AvgIpc) is 2.78. The molecule has 0 spiro atoms. The molecule has 3 amide bonds. The van der Waals surface area contributed by atoms with Crippen molar-refractivity contribution < 1.29 is 36.7 Å². The molecule has 1 N–H and O–H groups in total. The molecule has 2 rings (SSSR count). The molecule has 6 nitrogen and oxygen atoms in total. The predicted molar refractivity (Wildman–Crippen MR) is 72.5 cm³/mol. The maximum Gasteiger partial charge on any atom is 0.419 e. The second kappa shape index (κ2) is 6.46. The van der Waals surface area contributed by atoms with Gasteiger partial charge in [-0.3, -0.25) is 9.59 Å². The Kier molecular flexibility index (Phi) is 4.76. The summed E-state index contributed by atoms with van der Waals surface area (Å²) in [5, 5.41) is 2.26. The lowest BCUT2D eigenvalue weighted by molar-refractivity contribution is -0.141. The van der Waals surface area contributed by atoms with Crippen molar-refractivity contribution in [1.82, 2.24) is 5.32 Å². The summed E-state index contributed by atoms with van der Waals surface area (Å²) in [6, 6.07) is -0.216. The van der Waals surface area contributed by atoms with Crippen molar-refractivity contribution in [3.8, 4) is 0 Å². The number of nitrogens with zero attached hydrogens (tertiary/aromatic N) is 1. The quantitative estimate of drug-likeness (QED) is 0.514. The molecule has 0 aliphatic carbocycles. The van der Waals surface area contributed by atoms with Crippen molar-refractivity contribution in [3.05, 3.63) is 29.6 Å². The minimum atomic E-state index is -4.97. The Morgan fingerprint density at radius 3 is 2.58 bits per heavy atom. The number of carbonyl (C=O) groups excluding carboxylic acids is 3. The Balaban J connectivity index is 2.25. The number of benzene rings is 1. The van der Waals surface area contributed by atoms with Crippen LogP contribution < -0.4 is 10.2 Å². The van der Waals surface area contributed by atoms with Crippen LogP contribution in [-0.2, 0) is 20.5 Å². The molecule has 1 aromatic carbocycles. The lowest BCUT2D eigenvalue weighted by atomic mass is 10.1. The number of carbonyl (C=O) groups is 3. The van der Waals surface area contributed by atoms with Crippen molar-refractivity contribution in [3.63, 3.8) is 0 Å². The van der Waals surface area contributed by atoms with Crippen LogP contribution >= 0.6 is 0 Å². The summed E-state index contributed by atoms with van der Waals surface area (Å²) >= 11 is 0. The summed E-state index contributed by atoms with van der Waals surface area (Å²) < 4.78 is 55.9. The third kappa shape index (κ3) is 3.47. The fourth-order valence-electron chi connectivity index (χ4n) is 2.21. The van der Waals surface area contributed by atoms with Gasteiger partial charge in [0.15, 0.2) is 0 Å². The van der Waals surface area contributed by atoms with E-state index in [2.05, 4.69) is 10.1 Å². The predicted octanol–water partition coefficient (Wildman–Crippen LogP) is 2.22. The first-order chi connectivity index (χ1) is 11.1. The van der Waals surface area contributed by atoms with E-state index in [0.29, 0.717) is 17.0 Å². The molecule has 1 saturated heterocycles. The highest BCUT2D eigenvalue weighted by Gasteiger charge is 2.41. The molecule has 10 heteroatoms. The van der Waals surface area contributed by atoms with E-state index in [1.807, 2.05) is 0 Å². The van der Waals surface area contributed by atoms with Gasteiger partial charge in [-0.2, -0.15) is 13.2 Å². The van der Waals surface area contributed by atoms with Crippen LogP contribution in [0.4, 0.5) is 28.0 Å². The SMILES string of the molecule is COC(=O)CC[C@H]1NC(=O)N(c2ccc(F)c(C(F)(F)F)c2)C1=O. The number of nitrogens with one attached hydrogen (secondary N) is 1. The number of methoxy groups -OCH3 is 1. The fraction of sp³-hybridized carbons (Fsp3) is 0.357. The third-order valence-corrected chi connectivity index (χ3v) is 3.40. The number of hydrogen-bond donors (Lipinski definition) is 1. The van der Waals surface area contributed by atoms with Gasteiger partial charge in [-0.1, -0.05) is 0 Å². The fourth-order valence-corrected chi connectivity index (χ4v) is 2.21. The maximum absolute atomic E-state index is 13.3. The molecular formula is C14H12F4N2O4. The second-order valence-corrected chi connectivity index (χ2v) is 4.95. The standard InChI is InChI=1S/C14H12F4N2O4/c1-24-11(21)5-4-10-12(22)20(13(23)19-10)7-2-3-9(15)8(6-7)14(16,17)18/h2-3,6,10H,4-5H2,1H3,(H,19,23)/t10-/m1/s1. The first kappa shape index (κ1) is 17.7. The van der Waals surface area contributed by atoms with Crippen LogP contribution in [0, 0.1) is 5.82 Å². The van der Waals surface area contributed by atoms with E-state index < -0.39 is 47.2 Å². The van der Waals surface area contributed by atoms with Gasteiger partial charge in [0.1, 0.15) is 11.9 Å². The molecule has 0 unspecified atom stereocenters. The van der Waals surface area contributed by atoms with Crippen LogP contribution in [0.15, 0.2) is 18.2 Å². The number of esters is 1. The van der Waals surface area contributed by atoms with Gasteiger partial charge in [-0.25, -0.2) is 14.1 Å². The molecule has 1 heterocycles. The van der Waals surface area contributed by atoms with Crippen molar-refractivity contribution in [1.29, 1.82) is 0 Å². The summed E-state index contributed by atoms with van der Waals surface area (Å²) in [7, 11) is 1.15. The summed E-state index contributed by atoms with van der Waals surface area (Å²) in [6.07, 6.45) is -5.19. The zero-order chi connectivity index (χ0) is 18.1. The monoisotopic (exact) mass is 348 g/mol. The summed E-state index contributed by atoms with van der Waals surface area (Å²) in [5.74, 6) is -2.94. The highest BCUT2D eigenvalue weighted by Crippen LogP contribution is 2.34. The molecule has 24 heavy (non-hydrogen) atoms. The van der Waals surface area contributed by atoms with Crippen molar-refractivity contribution in [2.75, 3.05) is 12.0 Å². The van der Waals surface area contributed by atoms with Crippen LogP contribution in [0.25, 0.3) is 0 Å². The minimum Gasteiger partial charge on any atom is -0.469 e. The number of hydrogen-bond acceptors (Lipinski definition) is 4. The number of halogens is 4. The zero-order valence-electron chi connectivity index (χ0n) is 12.3. The highest BCUT2D eigenvalue weighted by atomic mass is 19.4. The van der Waals surface area contributed by atoms with Gasteiger partial charge in [0, 0.05) is 6.42 Å². The summed E-state index contributed by atoms with van der Waals surface area (Å²) in [4.78, 5) is 35.6. The summed E-state index contributed by atoms with van der Waals surface area (Å²) in [6.45, 7) is 0. The first-order valence-electron chi connectivity index (χ1n) is 6.73. The first-order valence-corrected chi connectivity index (χ1v) is 6.73. The Morgan fingerprint density at radius 2 is 2.00 bits per heavy atom. The number of amides is 3. The Hall–Kier alpha value is -2.65. The minimum absolute atomic E-state index is 0.0684. The van der Waals surface area contributed by atoms with Crippen molar-refractivity contribution in [2.45, 2.75) is 25.1 Å². The van der Waals surface area contributed by atoms with Gasteiger partial charge in [-0.05, 0) is 24.6 Å². The van der Waals surface area contributed by atoms with E-state index in [1.54, 1.807) is 0 Å². The Bertz CT molecular complexity index is 690. The second-order valence-electron chi connectivity index (χ2n) is 4.95. The Morgan fingerprint density at radius 1 is 1.33 bits per heavy atom. The van der Waals surface area contributed by atoms with Gasteiger partial charge < -0.3 is 10.1 Å². The van der Waals surface area contributed by atoms with E-state index >= 15 is 0 Å². The van der Waals surface area contributed by atoms with E-state index in [-0.39, 0.29) is 12.8 Å². The van der Waals surface area contributed by atoms with E-state index in [1.165, 1.54) is 0 Å². The summed E-state index contributed by atoms with van der Waals surface area (Å²) in [5.41, 5.74) is -1.99. The van der Waals surface area contributed by atoms with E-state index in [4.69, 9.17) is 0 Å². The van der Waals surface area contributed by atoms with Crippen molar-refractivity contribution >= 4 is 23.6 Å². The number of anilines is 1. The number of rotatable bonds is 4. The van der Waals surface area contributed by atoms with Crippen LogP contribution in [-0.4, -0.2) is 31.1 Å². The normalized spacial score (nSPS) is 17.9. The van der Waals surface area contributed by atoms with Gasteiger partial charge in [-0.15, -0.1) is 0 Å². The highest BCUT2D eigenvalue weighted by molar-refractivity contribution is 6.21. The maximum atomic E-state index is 13.3. The Labute approximate surface area is 133 Å². The molecule has 0 saturated carbocycles. The van der Waals surface area contributed by atoms with Crippen LogP contribution in [0.3, 0.4) is 0 Å². The molecule has 0 radical (unpaired) electrons. The molecule has 1 aliphatic heterocycles. The molecule has 0 aromatic heterocycles. The molecule has 1 aromatic rings. The smallest absolute Gasteiger partial charge is 0.419 e. The molecular weight excluding hydrogens is 336 g/mol. The van der Waals surface area contributed by atoms with Crippen LogP contribution in [0.2, 0.25) is 0 Å². The van der Waals surface area contributed by atoms with Crippen molar-refractivity contribution in [2.24, 2.45) is 0 Å². The van der Waals surface area contributed by atoms with Crippen LogP contribution in [0.1, 0.15) is 18.4 Å². The zero-order valence-corrected chi connectivity index (χ0v) is 12.3. The topological polar surface area (TPSA) is 75.7 Å². The third-order valence-electron chi connectivity index (χ3n) is 3.40. The van der Waals surface area contributed by atoms with Gasteiger partial charge in [0.05, 0.1) is 18.4 Å². The molecule has 0 bridgehead atoms. The molecule has 1 atom stereocenters. The number of urea groups is 1. The van der Waals surface area contributed by atoms with E-state index in [0.717, 1.165) is 13.2 Å². The lowest BCUT2D eigenvalue weighted by Gasteiger charge is -2.16. The van der Waals surface area contributed by atoms with Gasteiger partial charge >= 0.3 is 18.2 Å². The number of alkyl halides is 3. The molecule has 1 fully saturated rings. The molecule has 130 valence electrons. The van der Waals surface area contributed by atoms with Gasteiger partial charge in [0.25, 0.3) is 5.91 Å². The number of imide groups is 1. The lowest BCUT2D eigenvalue weighted by Crippen LogP contribution is -2.32. The molecule has 1 aliphatic rings.